The standard InChI is InChI=1S/C11H15N3O3/c1-11(2,10(12)17)6-14-9(16)7-5-13-4-3-8(7)15/h3-5H,6H2,1-2H3,(H2,12,17)(H,13,15)(H,14,16). The topological polar surface area (TPSA) is 105 Å². The second-order valence-corrected chi connectivity index (χ2v) is 4.35. The Labute approximate surface area is 98.2 Å². The average Bonchev–Trinajstić information content (AvgIpc) is 2.26. The van der Waals surface area contributed by atoms with Crippen LogP contribution in [0.5, 0.6) is 0 Å². The second kappa shape index (κ2) is 4.82. The van der Waals surface area contributed by atoms with Crippen LogP contribution in [0.25, 0.3) is 0 Å². The summed E-state index contributed by atoms with van der Waals surface area (Å²) in [5.41, 5.74) is 3.95. The van der Waals surface area contributed by atoms with E-state index in [-0.39, 0.29) is 17.5 Å². The van der Waals surface area contributed by atoms with Gasteiger partial charge in [0.05, 0.1) is 5.41 Å². The van der Waals surface area contributed by atoms with Crippen LogP contribution in [0.15, 0.2) is 23.3 Å². The molecule has 0 spiro atoms. The molecular weight excluding hydrogens is 222 g/mol. The molecule has 1 rings (SSSR count). The fourth-order valence-electron chi connectivity index (χ4n) is 1.08. The van der Waals surface area contributed by atoms with E-state index in [1.165, 1.54) is 18.5 Å². The Bertz CT molecular complexity index is 491. The summed E-state index contributed by atoms with van der Waals surface area (Å²) in [6, 6.07) is 1.26. The van der Waals surface area contributed by atoms with Crippen molar-refractivity contribution >= 4 is 11.8 Å². The molecule has 6 heteroatoms. The van der Waals surface area contributed by atoms with E-state index in [1.54, 1.807) is 13.8 Å². The van der Waals surface area contributed by atoms with E-state index in [9.17, 15) is 14.4 Å². The summed E-state index contributed by atoms with van der Waals surface area (Å²) >= 11 is 0. The minimum absolute atomic E-state index is 0.00719. The largest absolute Gasteiger partial charge is 0.369 e. The number of hydrogen-bond acceptors (Lipinski definition) is 3. The quantitative estimate of drug-likeness (QED) is 0.664. The fourth-order valence-corrected chi connectivity index (χ4v) is 1.08. The molecule has 0 aromatic carbocycles. The monoisotopic (exact) mass is 237 g/mol. The maximum absolute atomic E-state index is 11.7. The zero-order valence-corrected chi connectivity index (χ0v) is 9.74. The highest BCUT2D eigenvalue weighted by molar-refractivity contribution is 5.94. The summed E-state index contributed by atoms with van der Waals surface area (Å²) in [7, 11) is 0. The van der Waals surface area contributed by atoms with E-state index in [1.807, 2.05) is 0 Å². The Kier molecular flexibility index (Phi) is 3.67. The van der Waals surface area contributed by atoms with Gasteiger partial charge in [-0.25, -0.2) is 0 Å². The molecule has 0 saturated heterocycles. The molecule has 1 aromatic rings. The predicted octanol–water partition coefficient (Wildman–Crippen LogP) is -0.384. The third kappa shape index (κ3) is 3.17. The first-order valence-electron chi connectivity index (χ1n) is 5.10. The number of pyridine rings is 1. The van der Waals surface area contributed by atoms with Crippen molar-refractivity contribution in [3.05, 3.63) is 34.2 Å². The summed E-state index contributed by atoms with van der Waals surface area (Å²) in [4.78, 5) is 36.7. The zero-order chi connectivity index (χ0) is 13.1. The molecule has 6 nitrogen and oxygen atoms in total. The molecule has 4 N–H and O–H groups in total. The van der Waals surface area contributed by atoms with Gasteiger partial charge in [0.15, 0.2) is 5.43 Å². The van der Waals surface area contributed by atoms with Crippen molar-refractivity contribution in [3.63, 3.8) is 0 Å². The first-order valence-corrected chi connectivity index (χ1v) is 5.10. The Morgan fingerprint density at radius 1 is 1.47 bits per heavy atom. The normalized spacial score (nSPS) is 10.9. The van der Waals surface area contributed by atoms with Crippen molar-refractivity contribution in [2.24, 2.45) is 11.1 Å². The summed E-state index contributed by atoms with van der Waals surface area (Å²) in [6.07, 6.45) is 2.75. The maximum atomic E-state index is 11.7. The second-order valence-electron chi connectivity index (χ2n) is 4.35. The molecular formula is C11H15N3O3. The van der Waals surface area contributed by atoms with Gasteiger partial charge in [-0.3, -0.25) is 14.4 Å². The number of aromatic nitrogens is 1. The van der Waals surface area contributed by atoms with Gasteiger partial charge in [0.25, 0.3) is 5.91 Å². The van der Waals surface area contributed by atoms with Gasteiger partial charge >= 0.3 is 0 Å². The minimum Gasteiger partial charge on any atom is -0.369 e. The van der Waals surface area contributed by atoms with Crippen LogP contribution in [0.2, 0.25) is 0 Å². The van der Waals surface area contributed by atoms with Crippen LogP contribution >= 0.6 is 0 Å². The lowest BCUT2D eigenvalue weighted by atomic mass is 9.93. The van der Waals surface area contributed by atoms with Crippen LogP contribution in [0, 0.1) is 5.41 Å². The first kappa shape index (κ1) is 13.0. The highest BCUT2D eigenvalue weighted by atomic mass is 16.2. The molecule has 1 aromatic heterocycles. The number of nitrogens with one attached hydrogen (secondary N) is 2. The highest BCUT2D eigenvalue weighted by Gasteiger charge is 2.25. The molecule has 0 atom stereocenters. The van der Waals surface area contributed by atoms with Crippen LogP contribution in [0.1, 0.15) is 24.2 Å². The summed E-state index contributed by atoms with van der Waals surface area (Å²) in [6.45, 7) is 3.31. The van der Waals surface area contributed by atoms with Crippen molar-refractivity contribution < 1.29 is 9.59 Å². The van der Waals surface area contributed by atoms with Crippen molar-refractivity contribution in [2.75, 3.05) is 6.54 Å². The van der Waals surface area contributed by atoms with Crippen LogP contribution in [-0.4, -0.2) is 23.3 Å². The summed E-state index contributed by atoms with van der Waals surface area (Å²) in [5, 5.41) is 2.50. The van der Waals surface area contributed by atoms with Crippen molar-refractivity contribution in [2.45, 2.75) is 13.8 Å². The first-order chi connectivity index (χ1) is 7.84. The van der Waals surface area contributed by atoms with Crippen molar-refractivity contribution in [3.8, 4) is 0 Å². The number of carbonyl (C=O) groups excluding carboxylic acids is 2. The minimum atomic E-state index is -0.850. The third-order valence-corrected chi connectivity index (χ3v) is 2.43. The van der Waals surface area contributed by atoms with E-state index >= 15 is 0 Å². The Morgan fingerprint density at radius 3 is 2.65 bits per heavy atom. The Hall–Kier alpha value is -2.11. The van der Waals surface area contributed by atoms with Gasteiger partial charge in [-0.05, 0) is 13.8 Å². The van der Waals surface area contributed by atoms with Crippen molar-refractivity contribution in [1.29, 1.82) is 0 Å². The highest BCUT2D eigenvalue weighted by Crippen LogP contribution is 2.11. The number of hydrogen-bond donors (Lipinski definition) is 3. The van der Waals surface area contributed by atoms with Crippen LogP contribution in [0.4, 0.5) is 0 Å². The number of rotatable bonds is 4. The molecule has 0 fully saturated rings. The fraction of sp³-hybridized carbons (Fsp3) is 0.364. The summed E-state index contributed by atoms with van der Waals surface area (Å²) in [5.74, 6) is -1.04. The molecule has 2 amide bonds. The molecule has 0 aliphatic carbocycles. The van der Waals surface area contributed by atoms with Gasteiger partial charge in [0.1, 0.15) is 5.56 Å². The Balaban J connectivity index is 2.73. The SMILES string of the molecule is CC(C)(CNC(=O)c1c[nH]ccc1=O)C(N)=O. The smallest absolute Gasteiger partial charge is 0.256 e. The molecule has 0 aliphatic rings. The number of primary amides is 1. The molecule has 17 heavy (non-hydrogen) atoms. The molecule has 0 saturated carbocycles. The molecule has 92 valence electrons. The number of H-pyrrole nitrogens is 1. The number of nitrogens with two attached hydrogens (primary N) is 1. The van der Waals surface area contributed by atoms with E-state index in [0.717, 1.165) is 0 Å². The molecule has 0 aliphatic heterocycles. The number of aromatic amines is 1. The van der Waals surface area contributed by atoms with Crippen LogP contribution in [-0.2, 0) is 4.79 Å². The maximum Gasteiger partial charge on any atom is 0.256 e. The molecule has 0 radical (unpaired) electrons. The lowest BCUT2D eigenvalue weighted by Gasteiger charge is -2.20. The number of carbonyl (C=O) groups is 2. The van der Waals surface area contributed by atoms with Crippen LogP contribution in [0.3, 0.4) is 0 Å². The van der Waals surface area contributed by atoms with Gasteiger partial charge in [-0.2, -0.15) is 0 Å². The van der Waals surface area contributed by atoms with Gasteiger partial charge in [-0.15, -0.1) is 0 Å². The lowest BCUT2D eigenvalue weighted by molar-refractivity contribution is -0.125. The zero-order valence-electron chi connectivity index (χ0n) is 9.74. The lowest BCUT2D eigenvalue weighted by Crippen LogP contribution is -2.43. The molecule has 0 unspecified atom stereocenters. The molecule has 1 heterocycles. The van der Waals surface area contributed by atoms with Gasteiger partial charge in [0, 0.05) is 25.0 Å². The van der Waals surface area contributed by atoms with E-state index in [2.05, 4.69) is 10.3 Å². The van der Waals surface area contributed by atoms with E-state index in [4.69, 9.17) is 5.73 Å². The Morgan fingerprint density at radius 2 is 2.12 bits per heavy atom. The number of amides is 2. The third-order valence-electron chi connectivity index (χ3n) is 2.43. The predicted molar refractivity (Wildman–Crippen MR) is 62.4 cm³/mol. The van der Waals surface area contributed by atoms with Crippen molar-refractivity contribution in [1.82, 2.24) is 10.3 Å². The van der Waals surface area contributed by atoms with Gasteiger partial charge in [-0.1, -0.05) is 0 Å². The molecule has 0 bridgehead atoms. The summed E-state index contributed by atoms with van der Waals surface area (Å²) < 4.78 is 0. The van der Waals surface area contributed by atoms with E-state index in [0.29, 0.717) is 0 Å². The van der Waals surface area contributed by atoms with Crippen LogP contribution < -0.4 is 16.5 Å². The average molecular weight is 237 g/mol. The van der Waals surface area contributed by atoms with E-state index < -0.39 is 17.2 Å². The van der Waals surface area contributed by atoms with Gasteiger partial charge < -0.3 is 16.0 Å². The van der Waals surface area contributed by atoms with Gasteiger partial charge in [0.2, 0.25) is 5.91 Å².